The number of aromatic amines is 1. The first-order valence-electron chi connectivity index (χ1n) is 5.31. The third-order valence-electron chi connectivity index (χ3n) is 2.82. The Labute approximate surface area is 101 Å². The Morgan fingerprint density at radius 3 is 3.00 bits per heavy atom. The topological polar surface area (TPSA) is 87.5 Å². The number of nitrogens with zero attached hydrogens (tertiary/aromatic N) is 2. The molecule has 18 heavy (non-hydrogen) atoms. The average molecular weight is 243 g/mol. The zero-order valence-corrected chi connectivity index (χ0v) is 9.47. The van der Waals surface area contributed by atoms with Crippen LogP contribution in [0.5, 0.6) is 0 Å². The molecule has 0 atom stereocenters. The van der Waals surface area contributed by atoms with E-state index in [0.29, 0.717) is 11.3 Å². The number of pyridine rings is 2. The molecule has 0 amide bonds. The van der Waals surface area contributed by atoms with E-state index < -0.39 is 11.4 Å². The summed E-state index contributed by atoms with van der Waals surface area (Å²) in [6.07, 6.45) is 2.98. The number of aromatic carboxylic acids is 1. The molecular weight excluding hydrogens is 234 g/mol. The lowest BCUT2D eigenvalue weighted by Gasteiger charge is -1.97. The van der Waals surface area contributed by atoms with E-state index in [2.05, 4.69) is 9.97 Å². The van der Waals surface area contributed by atoms with Gasteiger partial charge in [-0.2, -0.15) is 0 Å². The van der Waals surface area contributed by atoms with Crippen LogP contribution in [0.25, 0.3) is 16.8 Å². The smallest absolute Gasteiger partial charge is 0.341 e. The molecule has 0 aliphatic carbocycles. The maximum absolute atomic E-state index is 11.9. The fourth-order valence-corrected chi connectivity index (χ4v) is 1.94. The summed E-state index contributed by atoms with van der Waals surface area (Å²) in [5.74, 6) is -1.26. The summed E-state index contributed by atoms with van der Waals surface area (Å²) in [4.78, 5) is 29.8. The summed E-state index contributed by atoms with van der Waals surface area (Å²) >= 11 is 0. The zero-order valence-electron chi connectivity index (χ0n) is 9.47. The van der Waals surface area contributed by atoms with Crippen molar-refractivity contribution in [2.45, 2.75) is 6.92 Å². The molecule has 0 spiro atoms. The first-order chi connectivity index (χ1) is 8.58. The molecule has 0 saturated carbocycles. The van der Waals surface area contributed by atoms with E-state index in [4.69, 9.17) is 5.11 Å². The second kappa shape index (κ2) is 3.43. The van der Waals surface area contributed by atoms with Gasteiger partial charge in [0.15, 0.2) is 5.52 Å². The Hall–Kier alpha value is -2.63. The highest BCUT2D eigenvalue weighted by Crippen LogP contribution is 2.13. The van der Waals surface area contributed by atoms with Crippen LogP contribution in [0.4, 0.5) is 0 Å². The molecule has 3 heterocycles. The number of aromatic nitrogens is 3. The molecule has 6 nitrogen and oxygen atoms in total. The van der Waals surface area contributed by atoms with Crippen LogP contribution in [0, 0.1) is 6.92 Å². The number of H-pyrrole nitrogens is 1. The van der Waals surface area contributed by atoms with E-state index in [-0.39, 0.29) is 11.1 Å². The van der Waals surface area contributed by atoms with Crippen molar-refractivity contribution in [1.82, 2.24) is 14.4 Å². The SMILES string of the molecule is Cc1ccn2c(c1)nc1c(=O)c(C(=O)O)c[nH]c12. The molecule has 0 radical (unpaired) electrons. The minimum atomic E-state index is -1.26. The summed E-state index contributed by atoms with van der Waals surface area (Å²) < 4.78 is 1.72. The van der Waals surface area contributed by atoms with Crippen molar-refractivity contribution in [3.05, 3.63) is 45.9 Å². The van der Waals surface area contributed by atoms with Crippen LogP contribution in [0.15, 0.2) is 29.3 Å². The quantitative estimate of drug-likeness (QED) is 0.671. The number of hydrogen-bond donors (Lipinski definition) is 2. The number of rotatable bonds is 1. The molecule has 3 aromatic heterocycles. The Balaban J connectivity index is 2.50. The lowest BCUT2D eigenvalue weighted by molar-refractivity contribution is 0.0695. The normalized spacial score (nSPS) is 11.2. The molecule has 3 rings (SSSR count). The van der Waals surface area contributed by atoms with Crippen LogP contribution >= 0.6 is 0 Å². The average Bonchev–Trinajstić information content (AvgIpc) is 2.67. The third-order valence-corrected chi connectivity index (χ3v) is 2.82. The molecule has 0 bridgehead atoms. The third kappa shape index (κ3) is 1.32. The largest absolute Gasteiger partial charge is 0.477 e. The van der Waals surface area contributed by atoms with Crippen molar-refractivity contribution in [2.75, 3.05) is 0 Å². The molecule has 0 aromatic carbocycles. The number of fused-ring (bicyclic) bond motifs is 3. The lowest BCUT2D eigenvalue weighted by atomic mass is 10.2. The zero-order chi connectivity index (χ0) is 12.9. The molecule has 0 aliphatic heterocycles. The predicted molar refractivity (Wildman–Crippen MR) is 65.0 cm³/mol. The van der Waals surface area contributed by atoms with Gasteiger partial charge in [-0.3, -0.25) is 9.20 Å². The van der Waals surface area contributed by atoms with Crippen LogP contribution in [0.2, 0.25) is 0 Å². The summed E-state index contributed by atoms with van der Waals surface area (Å²) in [6.45, 7) is 1.92. The van der Waals surface area contributed by atoms with Gasteiger partial charge in [-0.1, -0.05) is 0 Å². The molecule has 90 valence electrons. The fourth-order valence-electron chi connectivity index (χ4n) is 1.94. The fraction of sp³-hybridized carbons (Fsp3) is 0.0833. The van der Waals surface area contributed by atoms with Crippen molar-refractivity contribution >= 4 is 22.8 Å². The number of imidazole rings is 1. The van der Waals surface area contributed by atoms with Crippen LogP contribution in [-0.4, -0.2) is 25.4 Å². The van der Waals surface area contributed by atoms with Gasteiger partial charge >= 0.3 is 5.97 Å². The van der Waals surface area contributed by atoms with Gasteiger partial charge < -0.3 is 10.1 Å². The molecule has 0 saturated heterocycles. The van der Waals surface area contributed by atoms with Crippen molar-refractivity contribution in [3.8, 4) is 0 Å². The van der Waals surface area contributed by atoms with Crippen molar-refractivity contribution in [2.24, 2.45) is 0 Å². The van der Waals surface area contributed by atoms with Gasteiger partial charge in [-0.05, 0) is 24.6 Å². The minimum Gasteiger partial charge on any atom is -0.477 e. The van der Waals surface area contributed by atoms with Gasteiger partial charge in [0, 0.05) is 12.4 Å². The van der Waals surface area contributed by atoms with Crippen molar-refractivity contribution < 1.29 is 9.90 Å². The van der Waals surface area contributed by atoms with Crippen molar-refractivity contribution in [1.29, 1.82) is 0 Å². The number of carboxylic acid groups (broad SMARTS) is 1. The summed E-state index contributed by atoms with van der Waals surface area (Å²) in [5, 5.41) is 8.89. The van der Waals surface area contributed by atoms with E-state index in [1.807, 2.05) is 19.1 Å². The van der Waals surface area contributed by atoms with Crippen LogP contribution in [0.3, 0.4) is 0 Å². The highest BCUT2D eigenvalue weighted by atomic mass is 16.4. The Bertz CT molecular complexity index is 845. The monoisotopic (exact) mass is 243 g/mol. The van der Waals surface area contributed by atoms with E-state index >= 15 is 0 Å². The van der Waals surface area contributed by atoms with E-state index in [9.17, 15) is 9.59 Å². The Morgan fingerprint density at radius 1 is 1.50 bits per heavy atom. The van der Waals surface area contributed by atoms with Gasteiger partial charge in [0.25, 0.3) is 0 Å². The Morgan fingerprint density at radius 2 is 2.28 bits per heavy atom. The van der Waals surface area contributed by atoms with E-state index in [1.54, 1.807) is 10.6 Å². The molecule has 3 aromatic rings. The first kappa shape index (κ1) is 10.5. The molecule has 2 N–H and O–H groups in total. The summed E-state index contributed by atoms with van der Waals surface area (Å²) in [7, 11) is 0. The van der Waals surface area contributed by atoms with Crippen LogP contribution < -0.4 is 5.43 Å². The molecular formula is C12H9N3O3. The lowest BCUT2D eigenvalue weighted by Crippen LogP contribution is -2.15. The van der Waals surface area contributed by atoms with E-state index in [0.717, 1.165) is 5.56 Å². The predicted octanol–water partition coefficient (Wildman–Crippen LogP) is 1.18. The second-order valence-corrected chi connectivity index (χ2v) is 4.08. The summed E-state index contributed by atoms with van der Waals surface area (Å²) in [5.41, 5.74) is 1.39. The number of aryl methyl sites for hydroxylation is 1. The minimum absolute atomic E-state index is 0.139. The molecule has 0 aliphatic rings. The highest BCUT2D eigenvalue weighted by Gasteiger charge is 2.15. The van der Waals surface area contributed by atoms with Gasteiger partial charge in [-0.25, -0.2) is 9.78 Å². The van der Waals surface area contributed by atoms with Crippen molar-refractivity contribution in [3.63, 3.8) is 0 Å². The maximum atomic E-state index is 11.9. The van der Waals surface area contributed by atoms with Gasteiger partial charge in [0.1, 0.15) is 16.9 Å². The van der Waals surface area contributed by atoms with E-state index in [1.165, 1.54) is 6.20 Å². The highest BCUT2D eigenvalue weighted by molar-refractivity contribution is 5.91. The van der Waals surface area contributed by atoms with Gasteiger partial charge in [-0.15, -0.1) is 0 Å². The number of nitrogens with one attached hydrogen (secondary N) is 1. The standard InChI is InChI=1S/C12H9N3O3/c1-6-2-3-15-8(4-6)14-9-10(16)7(12(17)18)5-13-11(9)15/h2-5H,1H3,(H,13,16)(H,17,18). The molecule has 6 heteroatoms. The molecule has 0 fully saturated rings. The molecule has 0 unspecified atom stereocenters. The summed E-state index contributed by atoms with van der Waals surface area (Å²) in [6, 6.07) is 3.71. The van der Waals surface area contributed by atoms with Gasteiger partial charge in [0.2, 0.25) is 5.43 Å². The second-order valence-electron chi connectivity index (χ2n) is 4.08. The Kier molecular flexibility index (Phi) is 2.00. The van der Waals surface area contributed by atoms with Crippen LogP contribution in [-0.2, 0) is 0 Å². The first-order valence-corrected chi connectivity index (χ1v) is 5.31. The number of carbonyl (C=O) groups is 1. The van der Waals surface area contributed by atoms with Gasteiger partial charge in [0.05, 0.1) is 0 Å². The number of hydrogen-bond acceptors (Lipinski definition) is 3. The maximum Gasteiger partial charge on any atom is 0.341 e. The van der Waals surface area contributed by atoms with Crippen LogP contribution in [0.1, 0.15) is 15.9 Å². The number of carboxylic acids is 1.